The molecule has 0 saturated heterocycles. The van der Waals surface area contributed by atoms with Gasteiger partial charge in [0.05, 0.1) is 18.9 Å². The molecule has 0 aliphatic rings. The largest absolute Gasteiger partial charge is 0.465 e. The van der Waals surface area contributed by atoms with Gasteiger partial charge in [0.1, 0.15) is 0 Å². The minimum atomic E-state index is -0.163. The maximum absolute atomic E-state index is 11.1. The van der Waals surface area contributed by atoms with E-state index < -0.39 is 0 Å². The van der Waals surface area contributed by atoms with Gasteiger partial charge in [-0.2, -0.15) is 0 Å². The van der Waals surface area contributed by atoms with Gasteiger partial charge in [-0.05, 0) is 18.4 Å². The van der Waals surface area contributed by atoms with E-state index in [4.69, 9.17) is 10.5 Å². The van der Waals surface area contributed by atoms with Crippen LogP contribution in [0.15, 0.2) is 11.4 Å². The van der Waals surface area contributed by atoms with E-state index in [1.807, 2.05) is 18.4 Å². The molecule has 3 nitrogen and oxygen atoms in total. The lowest BCUT2D eigenvalue weighted by atomic mass is 10.3. The minimum Gasteiger partial charge on any atom is -0.465 e. The van der Waals surface area contributed by atoms with Crippen LogP contribution in [0, 0.1) is 11.8 Å². The first-order valence-electron chi connectivity index (χ1n) is 5.26. The smallest absolute Gasteiger partial charge is 0.315 e. The molecule has 2 N–H and O–H groups in total. The Balaban J connectivity index is 2.41. The predicted molar refractivity (Wildman–Crippen MR) is 73.0 cm³/mol. The van der Waals surface area contributed by atoms with Crippen molar-refractivity contribution < 1.29 is 9.53 Å². The zero-order valence-corrected chi connectivity index (χ0v) is 11.3. The molecule has 0 saturated carbocycles. The zero-order valence-electron chi connectivity index (χ0n) is 9.69. The highest BCUT2D eigenvalue weighted by Gasteiger charge is 2.05. The highest BCUT2D eigenvalue weighted by Crippen LogP contribution is 2.21. The average molecular weight is 269 g/mol. The minimum absolute atomic E-state index is 0.163. The maximum atomic E-state index is 11.1. The quantitative estimate of drug-likeness (QED) is 0.655. The summed E-state index contributed by atoms with van der Waals surface area (Å²) in [5.74, 6) is 6.86. The van der Waals surface area contributed by atoms with Gasteiger partial charge in [0.15, 0.2) is 0 Å². The van der Waals surface area contributed by atoms with Gasteiger partial charge in [-0.15, -0.1) is 23.1 Å². The highest BCUT2D eigenvalue weighted by atomic mass is 32.2. The Morgan fingerprint density at radius 3 is 3.18 bits per heavy atom. The van der Waals surface area contributed by atoms with Crippen LogP contribution in [-0.4, -0.2) is 24.9 Å². The fourth-order valence-corrected chi connectivity index (χ4v) is 2.97. The Labute approximate surface area is 110 Å². The van der Waals surface area contributed by atoms with Gasteiger partial charge < -0.3 is 10.5 Å². The fourth-order valence-electron chi connectivity index (χ4n) is 1.14. The fraction of sp³-hybridized carbons (Fsp3) is 0.417. The van der Waals surface area contributed by atoms with Crippen LogP contribution in [0.4, 0.5) is 0 Å². The number of carbonyl (C=O) groups excluding carboxylic acids is 1. The predicted octanol–water partition coefficient (Wildman–Crippen LogP) is 1.85. The molecule has 1 aromatic rings. The number of thioether (sulfide) groups is 1. The summed E-state index contributed by atoms with van der Waals surface area (Å²) in [6, 6.07) is 1.98. The van der Waals surface area contributed by atoms with E-state index in [1.165, 1.54) is 4.88 Å². The first-order valence-corrected chi connectivity index (χ1v) is 7.30. The summed E-state index contributed by atoms with van der Waals surface area (Å²) in [7, 11) is 0. The summed E-state index contributed by atoms with van der Waals surface area (Å²) in [6.07, 6.45) is 0. The Morgan fingerprint density at radius 1 is 1.65 bits per heavy atom. The van der Waals surface area contributed by atoms with E-state index in [-0.39, 0.29) is 5.97 Å². The lowest BCUT2D eigenvalue weighted by Crippen LogP contribution is -2.06. The van der Waals surface area contributed by atoms with Crippen molar-refractivity contribution in [3.8, 4) is 11.8 Å². The number of rotatable bonds is 5. The molecule has 0 fully saturated rings. The molecule has 17 heavy (non-hydrogen) atoms. The molecule has 0 unspecified atom stereocenters. The molecule has 92 valence electrons. The van der Waals surface area contributed by atoms with Crippen molar-refractivity contribution in [1.82, 2.24) is 0 Å². The van der Waals surface area contributed by atoms with Gasteiger partial charge in [0, 0.05) is 16.2 Å². The Hall–Kier alpha value is -0.960. The molecule has 0 radical (unpaired) electrons. The Morgan fingerprint density at radius 2 is 2.47 bits per heavy atom. The molecule has 0 amide bonds. The number of hydrogen-bond acceptors (Lipinski definition) is 5. The summed E-state index contributed by atoms with van der Waals surface area (Å²) in [5, 5.41) is 2.00. The molecule has 1 rings (SSSR count). The second kappa shape index (κ2) is 8.18. The molecule has 0 aliphatic carbocycles. The van der Waals surface area contributed by atoms with Crippen molar-refractivity contribution in [2.75, 3.05) is 18.9 Å². The summed E-state index contributed by atoms with van der Waals surface area (Å²) in [5.41, 5.74) is 6.34. The molecule has 1 heterocycles. The van der Waals surface area contributed by atoms with Gasteiger partial charge in [-0.25, -0.2) is 0 Å². The highest BCUT2D eigenvalue weighted by molar-refractivity contribution is 7.99. The third-order valence-corrected chi connectivity index (χ3v) is 3.87. The van der Waals surface area contributed by atoms with Gasteiger partial charge in [-0.1, -0.05) is 11.8 Å². The third-order valence-electron chi connectivity index (χ3n) is 1.83. The lowest BCUT2D eigenvalue weighted by molar-refractivity contribution is -0.139. The molecular formula is C12H15NO2S2. The number of esters is 1. The van der Waals surface area contributed by atoms with Gasteiger partial charge >= 0.3 is 5.97 Å². The van der Waals surface area contributed by atoms with Crippen LogP contribution < -0.4 is 5.73 Å². The van der Waals surface area contributed by atoms with E-state index >= 15 is 0 Å². The summed E-state index contributed by atoms with van der Waals surface area (Å²) in [6.45, 7) is 2.61. The first kappa shape index (κ1) is 14.1. The van der Waals surface area contributed by atoms with Crippen molar-refractivity contribution in [3.05, 3.63) is 21.9 Å². The van der Waals surface area contributed by atoms with E-state index in [9.17, 15) is 4.79 Å². The van der Waals surface area contributed by atoms with E-state index in [0.717, 1.165) is 11.3 Å². The van der Waals surface area contributed by atoms with Crippen LogP contribution in [0.1, 0.15) is 17.4 Å². The van der Waals surface area contributed by atoms with Crippen molar-refractivity contribution in [2.45, 2.75) is 12.7 Å². The number of nitrogens with two attached hydrogens (primary N) is 1. The zero-order chi connectivity index (χ0) is 12.5. The standard InChI is InChI=1S/C12H15NO2S2/c1-2-15-12(14)9-16-8-11-10(4-3-6-13)5-7-17-11/h5,7H,2,6,8-9,13H2,1H3. The summed E-state index contributed by atoms with van der Waals surface area (Å²) < 4.78 is 4.86. The SMILES string of the molecule is CCOC(=O)CSCc1sccc1C#CCN. The van der Waals surface area contributed by atoms with Crippen molar-refractivity contribution in [3.63, 3.8) is 0 Å². The molecule has 5 heteroatoms. The number of carbonyl (C=O) groups is 1. The molecule has 0 spiro atoms. The van der Waals surface area contributed by atoms with E-state index in [1.54, 1.807) is 23.1 Å². The number of thiophene rings is 1. The van der Waals surface area contributed by atoms with Crippen molar-refractivity contribution in [1.29, 1.82) is 0 Å². The average Bonchev–Trinajstić information content (AvgIpc) is 2.74. The molecule has 0 atom stereocenters. The van der Waals surface area contributed by atoms with Crippen LogP contribution in [0.2, 0.25) is 0 Å². The summed E-state index contributed by atoms with van der Waals surface area (Å²) in [4.78, 5) is 12.3. The first-order chi connectivity index (χ1) is 8.27. The van der Waals surface area contributed by atoms with Crippen molar-refractivity contribution in [2.24, 2.45) is 5.73 Å². The Bertz CT molecular complexity index is 418. The topological polar surface area (TPSA) is 52.3 Å². The number of ether oxygens (including phenoxy) is 1. The molecule has 0 aliphatic heterocycles. The van der Waals surface area contributed by atoms with Gasteiger partial charge in [-0.3, -0.25) is 4.79 Å². The number of hydrogen-bond donors (Lipinski definition) is 1. The van der Waals surface area contributed by atoms with E-state index in [0.29, 0.717) is 18.9 Å². The van der Waals surface area contributed by atoms with Crippen LogP contribution in [0.5, 0.6) is 0 Å². The molecule has 0 bridgehead atoms. The normalized spacial score (nSPS) is 9.53. The van der Waals surface area contributed by atoms with Crippen LogP contribution in [0.3, 0.4) is 0 Å². The third kappa shape index (κ3) is 5.26. The van der Waals surface area contributed by atoms with Crippen molar-refractivity contribution >= 4 is 29.1 Å². The van der Waals surface area contributed by atoms with Crippen LogP contribution >= 0.6 is 23.1 Å². The molecule has 0 aromatic carbocycles. The second-order valence-corrected chi connectivity index (χ2v) is 5.05. The van der Waals surface area contributed by atoms with Crippen LogP contribution in [0.25, 0.3) is 0 Å². The summed E-state index contributed by atoms with van der Waals surface area (Å²) >= 11 is 3.19. The monoisotopic (exact) mass is 269 g/mol. The van der Waals surface area contributed by atoms with Crippen LogP contribution in [-0.2, 0) is 15.3 Å². The molecular weight excluding hydrogens is 254 g/mol. The maximum Gasteiger partial charge on any atom is 0.315 e. The van der Waals surface area contributed by atoms with Gasteiger partial charge in [0.2, 0.25) is 0 Å². The second-order valence-electron chi connectivity index (χ2n) is 3.06. The molecule has 1 aromatic heterocycles. The lowest BCUT2D eigenvalue weighted by Gasteiger charge is -2.01. The Kier molecular flexibility index (Phi) is 6.78. The van der Waals surface area contributed by atoms with Gasteiger partial charge in [0.25, 0.3) is 0 Å². The van der Waals surface area contributed by atoms with E-state index in [2.05, 4.69) is 11.8 Å².